The van der Waals surface area contributed by atoms with Crippen LogP contribution in [0, 0.1) is 0 Å². The zero-order valence-corrected chi connectivity index (χ0v) is 28.1. The number of unbranched alkanes of at least 4 members (excludes halogenated alkanes) is 11. The first kappa shape index (κ1) is 41.5. The molecule has 0 aliphatic carbocycles. The first-order valence-corrected chi connectivity index (χ1v) is 14.4. The molecular weight excluding hydrogens is 520 g/mol. The summed E-state index contributed by atoms with van der Waals surface area (Å²) in [6.45, 7) is 3.81. The van der Waals surface area contributed by atoms with Gasteiger partial charge in [0.25, 0.3) is 0 Å². The Hall–Kier alpha value is 0.0600. The van der Waals surface area contributed by atoms with Crippen molar-refractivity contribution in [1.29, 1.82) is 0 Å². The molecule has 0 bridgehead atoms. The molecule has 0 saturated heterocycles. The van der Waals surface area contributed by atoms with Gasteiger partial charge in [0.2, 0.25) is 5.91 Å². The minimum absolute atomic E-state index is 0. The molecule has 1 N–H and O–H groups in total. The largest absolute Gasteiger partial charge is 1.00 e. The maximum absolute atomic E-state index is 12.1. The van der Waals surface area contributed by atoms with Gasteiger partial charge >= 0.3 is 65.1 Å². The fourth-order valence-electron chi connectivity index (χ4n) is 3.49. The maximum atomic E-state index is 12.1. The van der Waals surface area contributed by atoms with Gasteiger partial charge in [-0.3, -0.25) is 9.59 Å². The Morgan fingerprint density at radius 2 is 1.32 bits per heavy atom. The standard InChI is InChI=1S/C25H45NO8S.2Na/c1-3-5-6-7-8-9-10-11-12-13-14-15-16-17-18-19-22(27)26-23(4-2)34-25(30)21(20-24(28)29)35(31,32)33;;/h11-12,21,23H,3-10,13-20H2,1-2H3,(H,26,27)(H,28,29)(H,31,32,33);;/q;2*+1/p-2/b12-11-;;. The molecule has 0 aliphatic rings. The van der Waals surface area contributed by atoms with E-state index < -0.39 is 40.0 Å². The number of ether oxygens (including phenoxy) is 1. The molecule has 0 saturated carbocycles. The molecule has 2 atom stereocenters. The van der Waals surface area contributed by atoms with Crippen LogP contribution in [-0.2, 0) is 29.2 Å². The van der Waals surface area contributed by atoms with Gasteiger partial charge in [0.05, 0.1) is 0 Å². The Kier molecular flexibility index (Phi) is 29.5. The van der Waals surface area contributed by atoms with Gasteiger partial charge in [-0.2, -0.15) is 0 Å². The molecule has 0 heterocycles. The molecular formula is C25H43NNa2O8S. The van der Waals surface area contributed by atoms with Gasteiger partial charge in [0.1, 0.15) is 10.1 Å². The summed E-state index contributed by atoms with van der Waals surface area (Å²) in [5.41, 5.74) is 0. The van der Waals surface area contributed by atoms with Crippen molar-refractivity contribution in [2.45, 2.75) is 128 Å². The smallest absolute Gasteiger partial charge is 0.747 e. The summed E-state index contributed by atoms with van der Waals surface area (Å²) >= 11 is 0. The number of amides is 1. The van der Waals surface area contributed by atoms with Gasteiger partial charge in [0.15, 0.2) is 11.5 Å². The summed E-state index contributed by atoms with van der Waals surface area (Å²) in [6.07, 6.45) is 17.2. The van der Waals surface area contributed by atoms with E-state index in [0.29, 0.717) is 6.42 Å². The van der Waals surface area contributed by atoms with E-state index in [2.05, 4.69) is 24.4 Å². The van der Waals surface area contributed by atoms with Crippen LogP contribution in [0.15, 0.2) is 12.2 Å². The molecule has 0 spiro atoms. The van der Waals surface area contributed by atoms with Crippen molar-refractivity contribution < 1.29 is 96.3 Å². The van der Waals surface area contributed by atoms with E-state index in [1.165, 1.54) is 38.5 Å². The Bertz CT molecular complexity index is 747. The zero-order valence-electron chi connectivity index (χ0n) is 23.3. The molecule has 0 aromatic heterocycles. The van der Waals surface area contributed by atoms with Crippen LogP contribution in [0.3, 0.4) is 0 Å². The van der Waals surface area contributed by atoms with Crippen LogP contribution < -0.4 is 69.5 Å². The molecule has 0 fully saturated rings. The van der Waals surface area contributed by atoms with Crippen LogP contribution in [0.4, 0.5) is 0 Å². The summed E-state index contributed by atoms with van der Waals surface area (Å²) in [5.74, 6) is -3.76. The fourth-order valence-corrected chi connectivity index (χ4v) is 4.13. The summed E-state index contributed by atoms with van der Waals surface area (Å²) in [4.78, 5) is 34.6. The van der Waals surface area contributed by atoms with E-state index >= 15 is 0 Å². The Labute approximate surface area is 267 Å². The number of carbonyl (C=O) groups excluding carboxylic acids is 3. The molecule has 9 nitrogen and oxygen atoms in total. The molecule has 0 aromatic carbocycles. The molecule has 12 heteroatoms. The van der Waals surface area contributed by atoms with Crippen LogP contribution in [-0.4, -0.2) is 42.3 Å². The van der Waals surface area contributed by atoms with Gasteiger partial charge < -0.3 is 24.5 Å². The Morgan fingerprint density at radius 3 is 1.78 bits per heavy atom. The van der Waals surface area contributed by atoms with Crippen molar-refractivity contribution >= 4 is 28.0 Å². The predicted molar refractivity (Wildman–Crippen MR) is 131 cm³/mol. The number of esters is 1. The predicted octanol–water partition coefficient (Wildman–Crippen LogP) is -2.52. The normalized spacial score (nSPS) is 12.7. The van der Waals surface area contributed by atoms with E-state index in [-0.39, 0.29) is 77.9 Å². The Morgan fingerprint density at radius 1 is 0.838 bits per heavy atom. The van der Waals surface area contributed by atoms with E-state index in [9.17, 15) is 32.5 Å². The average Bonchev–Trinajstić information content (AvgIpc) is 2.78. The Balaban J connectivity index is -0.00000578. The topological polar surface area (TPSA) is 153 Å². The zero-order chi connectivity index (χ0) is 26.5. The minimum atomic E-state index is -5.24. The van der Waals surface area contributed by atoms with Crippen LogP contribution >= 0.6 is 0 Å². The number of nitrogens with one attached hydrogen (secondary N) is 1. The van der Waals surface area contributed by atoms with Gasteiger partial charge in [0, 0.05) is 25.2 Å². The summed E-state index contributed by atoms with van der Waals surface area (Å²) < 4.78 is 38.2. The van der Waals surface area contributed by atoms with Crippen molar-refractivity contribution in [1.82, 2.24) is 5.32 Å². The molecule has 204 valence electrons. The van der Waals surface area contributed by atoms with Gasteiger partial charge in [-0.05, 0) is 32.1 Å². The second kappa shape index (κ2) is 26.3. The second-order valence-electron chi connectivity index (χ2n) is 8.79. The van der Waals surface area contributed by atoms with Crippen molar-refractivity contribution in [2.75, 3.05) is 0 Å². The van der Waals surface area contributed by atoms with Gasteiger partial charge in [-0.25, -0.2) is 8.42 Å². The number of aliphatic carboxylic acids is 1. The van der Waals surface area contributed by atoms with E-state index in [1.54, 1.807) is 6.92 Å². The number of rotatable bonds is 22. The van der Waals surface area contributed by atoms with Crippen molar-refractivity contribution in [2.24, 2.45) is 0 Å². The number of carboxylic acid groups (broad SMARTS) is 1. The van der Waals surface area contributed by atoms with Crippen molar-refractivity contribution in [3.63, 3.8) is 0 Å². The van der Waals surface area contributed by atoms with E-state index in [0.717, 1.165) is 38.5 Å². The summed E-state index contributed by atoms with van der Waals surface area (Å²) in [7, 11) is -5.24. The third-order valence-electron chi connectivity index (χ3n) is 5.58. The monoisotopic (exact) mass is 563 g/mol. The summed E-state index contributed by atoms with van der Waals surface area (Å²) in [6, 6.07) is 0. The first-order chi connectivity index (χ1) is 16.6. The van der Waals surface area contributed by atoms with Crippen LogP contribution in [0.25, 0.3) is 0 Å². The fraction of sp³-hybridized carbons (Fsp3) is 0.800. The average molecular weight is 564 g/mol. The first-order valence-electron chi connectivity index (χ1n) is 12.9. The number of hydrogen-bond acceptors (Lipinski definition) is 8. The third-order valence-corrected chi connectivity index (χ3v) is 6.64. The van der Waals surface area contributed by atoms with Gasteiger partial charge in [-0.15, -0.1) is 0 Å². The molecule has 0 radical (unpaired) electrons. The van der Waals surface area contributed by atoms with Crippen molar-refractivity contribution in [3.8, 4) is 0 Å². The molecule has 0 aliphatic heterocycles. The van der Waals surface area contributed by atoms with Gasteiger partial charge in [-0.1, -0.05) is 77.4 Å². The summed E-state index contributed by atoms with van der Waals surface area (Å²) in [5, 5.41) is 10.7. The number of carbonyl (C=O) groups is 3. The molecule has 37 heavy (non-hydrogen) atoms. The van der Waals surface area contributed by atoms with E-state index in [4.69, 9.17) is 4.74 Å². The quantitative estimate of drug-likeness (QED) is 0.0378. The molecule has 0 rings (SSSR count). The molecule has 2 unspecified atom stereocenters. The minimum Gasteiger partial charge on any atom is -0.747 e. The van der Waals surface area contributed by atoms with Crippen LogP contribution in [0.1, 0.15) is 117 Å². The second-order valence-corrected chi connectivity index (χ2v) is 10.3. The number of carboxylic acids is 1. The van der Waals surface area contributed by atoms with E-state index in [1.807, 2.05) is 0 Å². The number of hydrogen-bond donors (Lipinski definition) is 1. The molecule has 0 aromatic rings. The van der Waals surface area contributed by atoms with Crippen molar-refractivity contribution in [3.05, 3.63) is 12.2 Å². The molecule has 1 amide bonds. The van der Waals surface area contributed by atoms with Crippen LogP contribution in [0.2, 0.25) is 0 Å². The van der Waals surface area contributed by atoms with Crippen LogP contribution in [0.5, 0.6) is 0 Å². The third kappa shape index (κ3) is 24.8. The maximum Gasteiger partial charge on any atom is 1.00 e. The number of allylic oxidation sites excluding steroid dienone is 2. The SMILES string of the molecule is CCCCCCCC/C=C\CCCCCCCC(=O)NC(CC)OC(=O)C(CC(=O)[O-])S(=O)(=O)[O-].[Na+].[Na+].